The van der Waals surface area contributed by atoms with Crippen LogP contribution in [0.25, 0.3) is 0 Å². The molecule has 0 unspecified atom stereocenters. The number of aromatic hydroxyl groups is 1. The van der Waals surface area contributed by atoms with Gasteiger partial charge >= 0.3 is 0 Å². The summed E-state index contributed by atoms with van der Waals surface area (Å²) in [6.07, 6.45) is 8.54. The highest BCUT2D eigenvalue weighted by molar-refractivity contribution is 5.49. The zero-order chi connectivity index (χ0) is 19.7. The summed E-state index contributed by atoms with van der Waals surface area (Å²) in [5.41, 5.74) is 2.96. The van der Waals surface area contributed by atoms with Crippen molar-refractivity contribution < 1.29 is 24.1 Å². The average Bonchev–Trinajstić information content (AvgIpc) is 3.09. The Labute approximate surface area is 168 Å². The largest absolute Gasteiger partial charge is 0.504 e. The maximum Gasteiger partial charge on any atom is 0.188 e. The van der Waals surface area contributed by atoms with Gasteiger partial charge in [0, 0.05) is 14.2 Å². The lowest BCUT2D eigenvalue weighted by Gasteiger charge is -2.52. The van der Waals surface area contributed by atoms with E-state index in [1.54, 1.807) is 14.2 Å². The summed E-state index contributed by atoms with van der Waals surface area (Å²) in [4.78, 5) is 0. The Bertz CT molecular complexity index is 690. The minimum atomic E-state index is 0.155. The van der Waals surface area contributed by atoms with Crippen molar-refractivity contribution in [2.45, 2.75) is 63.9 Å². The van der Waals surface area contributed by atoms with Crippen molar-refractivity contribution in [3.8, 4) is 11.5 Å². The second-order valence-corrected chi connectivity index (χ2v) is 8.75. The standard InChI is InChI=1S/C23H34O5/c1-4-23-10-9-16-17(19(23)7-8-22(23)28-14-26-3)6-5-15-11-21(27-13-25-2)20(24)12-18(15)16/h11-12,16-17,19,22,24H,4-10,13-14H2,1-3H3/t16-,17+,19-,22-,23-/m0/s1. The molecule has 5 atom stereocenters. The van der Waals surface area contributed by atoms with Crippen LogP contribution in [0, 0.1) is 17.3 Å². The summed E-state index contributed by atoms with van der Waals surface area (Å²) in [5.74, 6) is 2.69. The number of hydrogen-bond donors (Lipinski definition) is 1. The molecule has 0 aromatic heterocycles. The fourth-order valence-electron chi connectivity index (χ4n) is 6.65. The van der Waals surface area contributed by atoms with Crippen molar-refractivity contribution in [2.24, 2.45) is 17.3 Å². The first-order chi connectivity index (χ1) is 13.6. The molecule has 2 fully saturated rings. The Kier molecular flexibility index (Phi) is 5.86. The van der Waals surface area contributed by atoms with Crippen LogP contribution in [-0.4, -0.2) is 39.0 Å². The first-order valence-corrected chi connectivity index (χ1v) is 10.7. The predicted octanol–water partition coefficient (Wildman–Crippen LogP) is 4.61. The molecule has 3 aliphatic carbocycles. The Morgan fingerprint density at radius 2 is 1.89 bits per heavy atom. The van der Waals surface area contributed by atoms with E-state index in [9.17, 15) is 5.11 Å². The van der Waals surface area contributed by atoms with E-state index in [-0.39, 0.29) is 12.5 Å². The number of methoxy groups -OCH3 is 2. The molecule has 0 spiro atoms. The van der Waals surface area contributed by atoms with Crippen molar-refractivity contribution in [2.75, 3.05) is 27.8 Å². The van der Waals surface area contributed by atoms with Gasteiger partial charge in [0.25, 0.3) is 0 Å². The highest BCUT2D eigenvalue weighted by Gasteiger charge is 2.56. The summed E-state index contributed by atoms with van der Waals surface area (Å²) >= 11 is 0. The average molecular weight is 391 g/mol. The van der Waals surface area contributed by atoms with Gasteiger partial charge in [-0.3, -0.25) is 0 Å². The Morgan fingerprint density at radius 1 is 1.07 bits per heavy atom. The van der Waals surface area contributed by atoms with Crippen molar-refractivity contribution in [1.29, 1.82) is 0 Å². The van der Waals surface area contributed by atoms with E-state index in [4.69, 9.17) is 18.9 Å². The van der Waals surface area contributed by atoms with Crippen molar-refractivity contribution >= 4 is 0 Å². The highest BCUT2D eigenvalue weighted by Crippen LogP contribution is 2.63. The van der Waals surface area contributed by atoms with E-state index >= 15 is 0 Å². The topological polar surface area (TPSA) is 57.2 Å². The van der Waals surface area contributed by atoms with E-state index in [0.717, 1.165) is 12.8 Å². The van der Waals surface area contributed by atoms with Crippen molar-refractivity contribution in [1.82, 2.24) is 0 Å². The molecule has 3 aliphatic rings. The number of hydrogen-bond acceptors (Lipinski definition) is 5. The highest BCUT2D eigenvalue weighted by atomic mass is 16.7. The molecule has 0 aliphatic heterocycles. The molecule has 156 valence electrons. The van der Waals surface area contributed by atoms with Gasteiger partial charge < -0.3 is 24.1 Å². The van der Waals surface area contributed by atoms with Crippen LogP contribution >= 0.6 is 0 Å². The fraction of sp³-hybridized carbons (Fsp3) is 0.739. The maximum absolute atomic E-state index is 10.5. The second-order valence-electron chi connectivity index (χ2n) is 8.75. The molecule has 4 rings (SSSR count). The molecule has 1 N–H and O–H groups in total. The minimum Gasteiger partial charge on any atom is -0.504 e. The van der Waals surface area contributed by atoms with Crippen LogP contribution in [0.5, 0.6) is 11.5 Å². The van der Waals surface area contributed by atoms with Crippen molar-refractivity contribution in [3.63, 3.8) is 0 Å². The number of aryl methyl sites for hydroxylation is 1. The zero-order valence-electron chi connectivity index (χ0n) is 17.4. The molecule has 5 heteroatoms. The molecular formula is C23H34O5. The Balaban J connectivity index is 1.59. The molecule has 0 heterocycles. The first-order valence-electron chi connectivity index (χ1n) is 10.7. The summed E-state index contributed by atoms with van der Waals surface area (Å²) in [6.45, 7) is 2.89. The molecule has 2 saturated carbocycles. The molecule has 1 aromatic carbocycles. The molecule has 0 radical (unpaired) electrons. The van der Waals surface area contributed by atoms with Crippen LogP contribution in [0.3, 0.4) is 0 Å². The molecular weight excluding hydrogens is 356 g/mol. The van der Waals surface area contributed by atoms with Crippen LogP contribution in [-0.2, 0) is 20.6 Å². The van der Waals surface area contributed by atoms with Crippen molar-refractivity contribution in [3.05, 3.63) is 23.3 Å². The van der Waals surface area contributed by atoms with Crippen LogP contribution in [0.1, 0.15) is 62.5 Å². The van der Waals surface area contributed by atoms with E-state index < -0.39 is 0 Å². The Hall–Kier alpha value is -1.30. The van der Waals surface area contributed by atoms with Gasteiger partial charge in [0.1, 0.15) is 6.79 Å². The van der Waals surface area contributed by atoms with Crippen LogP contribution in [0.4, 0.5) is 0 Å². The second kappa shape index (κ2) is 8.21. The third kappa shape index (κ3) is 3.21. The van der Waals surface area contributed by atoms with Gasteiger partial charge in [-0.1, -0.05) is 6.92 Å². The van der Waals surface area contributed by atoms with E-state index in [2.05, 4.69) is 6.92 Å². The number of benzene rings is 1. The molecule has 0 amide bonds. The maximum atomic E-state index is 10.5. The SMILES string of the molecule is CC[C@]12CC[C@@H]3c4cc(O)c(OCOC)cc4CC[C@H]3[C@@H]1CC[C@@H]2OCOC. The van der Waals surface area contributed by atoms with Gasteiger partial charge in [0.15, 0.2) is 18.3 Å². The van der Waals surface area contributed by atoms with Gasteiger partial charge in [0.05, 0.1) is 6.10 Å². The normalized spacial score (nSPS) is 33.8. The monoisotopic (exact) mass is 390 g/mol. The summed E-state index contributed by atoms with van der Waals surface area (Å²) in [5, 5.41) is 10.5. The molecule has 28 heavy (non-hydrogen) atoms. The van der Waals surface area contributed by atoms with Crippen LogP contribution < -0.4 is 4.74 Å². The van der Waals surface area contributed by atoms with E-state index in [0.29, 0.717) is 41.8 Å². The summed E-state index contributed by atoms with van der Waals surface area (Å²) in [6, 6.07) is 3.99. The van der Waals surface area contributed by atoms with E-state index in [1.165, 1.54) is 43.2 Å². The molecule has 1 aromatic rings. The fourth-order valence-corrected chi connectivity index (χ4v) is 6.65. The lowest BCUT2D eigenvalue weighted by Crippen LogP contribution is -2.46. The van der Waals surface area contributed by atoms with Gasteiger partial charge in [-0.25, -0.2) is 0 Å². The quantitative estimate of drug-likeness (QED) is 0.689. The van der Waals surface area contributed by atoms with E-state index in [1.807, 2.05) is 12.1 Å². The number of fused-ring (bicyclic) bond motifs is 5. The lowest BCUT2D eigenvalue weighted by atomic mass is 9.54. The number of rotatable bonds is 7. The predicted molar refractivity (Wildman–Crippen MR) is 107 cm³/mol. The first kappa shape index (κ1) is 20.0. The summed E-state index contributed by atoms with van der Waals surface area (Å²) < 4.78 is 21.9. The Morgan fingerprint density at radius 3 is 2.64 bits per heavy atom. The number of ether oxygens (including phenoxy) is 4. The lowest BCUT2D eigenvalue weighted by molar-refractivity contribution is -0.132. The third-order valence-electron chi connectivity index (χ3n) is 7.82. The minimum absolute atomic E-state index is 0.155. The zero-order valence-corrected chi connectivity index (χ0v) is 17.4. The molecule has 0 saturated heterocycles. The van der Waals surface area contributed by atoms with Gasteiger partial charge in [0.2, 0.25) is 0 Å². The van der Waals surface area contributed by atoms with Crippen LogP contribution in [0.15, 0.2) is 12.1 Å². The number of phenolic OH excluding ortho intramolecular Hbond substituents is 1. The molecule has 0 bridgehead atoms. The van der Waals surface area contributed by atoms with Crippen LogP contribution in [0.2, 0.25) is 0 Å². The van der Waals surface area contributed by atoms with Gasteiger partial charge in [-0.05, 0) is 91.4 Å². The summed E-state index contributed by atoms with van der Waals surface area (Å²) in [7, 11) is 3.30. The third-order valence-corrected chi connectivity index (χ3v) is 7.82. The number of phenols is 1. The smallest absolute Gasteiger partial charge is 0.188 e. The van der Waals surface area contributed by atoms with Gasteiger partial charge in [-0.2, -0.15) is 0 Å². The van der Waals surface area contributed by atoms with Gasteiger partial charge in [-0.15, -0.1) is 0 Å². The molecule has 5 nitrogen and oxygen atoms in total.